The summed E-state index contributed by atoms with van der Waals surface area (Å²) in [5.41, 5.74) is 4.45. The van der Waals surface area contributed by atoms with Crippen LogP contribution in [0.2, 0.25) is 0 Å². The van der Waals surface area contributed by atoms with Crippen molar-refractivity contribution in [2.45, 2.75) is 51.4 Å². The number of hydrogen-bond acceptors (Lipinski definition) is 4. The van der Waals surface area contributed by atoms with Crippen LogP contribution in [-0.4, -0.2) is 65.2 Å². The van der Waals surface area contributed by atoms with E-state index in [4.69, 9.17) is 9.72 Å². The van der Waals surface area contributed by atoms with Gasteiger partial charge in [-0.2, -0.15) is 0 Å². The van der Waals surface area contributed by atoms with Gasteiger partial charge < -0.3 is 19.9 Å². The lowest BCUT2D eigenvalue weighted by Gasteiger charge is -2.38. The highest BCUT2D eigenvalue weighted by Crippen LogP contribution is 2.26. The average Bonchev–Trinajstić information content (AvgIpc) is 3.23. The SMILES string of the molecule is CNC(=O)N(Cc1ccccc1)C1CCN(Cc2nc(C3=CC=CCC3OC)[nH]c2C)CC1. The number of aromatic nitrogens is 2. The van der Waals surface area contributed by atoms with Crippen LogP contribution < -0.4 is 5.32 Å². The van der Waals surface area contributed by atoms with E-state index in [9.17, 15) is 4.79 Å². The molecular formula is C26H35N5O2. The number of H-pyrrole nitrogens is 1. The number of hydrogen-bond donors (Lipinski definition) is 2. The van der Waals surface area contributed by atoms with Crippen molar-refractivity contribution in [3.05, 3.63) is 71.3 Å². The predicted molar refractivity (Wildman–Crippen MR) is 131 cm³/mol. The van der Waals surface area contributed by atoms with Crippen LogP contribution in [0.1, 0.15) is 42.0 Å². The first-order valence-corrected chi connectivity index (χ1v) is 11.8. The van der Waals surface area contributed by atoms with Crippen LogP contribution in [0.15, 0.2) is 48.6 Å². The van der Waals surface area contributed by atoms with Gasteiger partial charge in [-0.05, 0) is 31.7 Å². The van der Waals surface area contributed by atoms with E-state index in [2.05, 4.69) is 52.5 Å². The van der Waals surface area contributed by atoms with Crippen molar-refractivity contribution in [3.8, 4) is 0 Å². The number of nitrogens with one attached hydrogen (secondary N) is 2. The molecule has 4 rings (SSSR count). The number of allylic oxidation sites excluding steroid dienone is 2. The van der Waals surface area contributed by atoms with Gasteiger partial charge in [0, 0.05) is 57.6 Å². The molecule has 7 nitrogen and oxygen atoms in total. The van der Waals surface area contributed by atoms with E-state index in [1.165, 1.54) is 0 Å². The highest BCUT2D eigenvalue weighted by Gasteiger charge is 2.28. The van der Waals surface area contributed by atoms with E-state index < -0.39 is 0 Å². The number of carbonyl (C=O) groups excluding carboxylic acids is 1. The van der Waals surface area contributed by atoms with E-state index in [1.54, 1.807) is 14.2 Å². The normalized spacial score (nSPS) is 19.4. The number of ether oxygens (including phenoxy) is 1. The number of aryl methyl sites for hydroxylation is 1. The molecule has 2 N–H and O–H groups in total. The molecule has 33 heavy (non-hydrogen) atoms. The van der Waals surface area contributed by atoms with Gasteiger partial charge in [0.05, 0.1) is 11.8 Å². The smallest absolute Gasteiger partial charge is 0.317 e. The van der Waals surface area contributed by atoms with Gasteiger partial charge in [0.1, 0.15) is 5.82 Å². The number of aromatic amines is 1. The van der Waals surface area contributed by atoms with Crippen LogP contribution in [0.25, 0.3) is 5.57 Å². The number of nitrogens with zero attached hydrogens (tertiary/aromatic N) is 3. The molecule has 1 aliphatic heterocycles. The molecule has 1 saturated heterocycles. The molecule has 1 atom stereocenters. The van der Waals surface area contributed by atoms with E-state index in [-0.39, 0.29) is 18.2 Å². The molecule has 0 radical (unpaired) electrons. The van der Waals surface area contributed by atoms with Gasteiger partial charge in [0.25, 0.3) is 0 Å². The molecule has 0 saturated carbocycles. The molecule has 2 aliphatic rings. The maximum atomic E-state index is 12.6. The Labute approximate surface area is 196 Å². The average molecular weight is 450 g/mol. The van der Waals surface area contributed by atoms with E-state index >= 15 is 0 Å². The van der Waals surface area contributed by atoms with Crippen molar-refractivity contribution >= 4 is 11.6 Å². The molecule has 0 bridgehead atoms. The van der Waals surface area contributed by atoms with Gasteiger partial charge in [-0.25, -0.2) is 9.78 Å². The molecule has 0 spiro atoms. The van der Waals surface area contributed by atoms with Crippen molar-refractivity contribution < 1.29 is 9.53 Å². The van der Waals surface area contributed by atoms with Crippen molar-refractivity contribution in [3.63, 3.8) is 0 Å². The van der Waals surface area contributed by atoms with Crippen LogP contribution in [0.5, 0.6) is 0 Å². The lowest BCUT2D eigenvalue weighted by Crippen LogP contribution is -2.49. The topological polar surface area (TPSA) is 73.5 Å². The van der Waals surface area contributed by atoms with Gasteiger partial charge >= 0.3 is 6.03 Å². The monoisotopic (exact) mass is 449 g/mol. The van der Waals surface area contributed by atoms with Crippen LogP contribution in [0.4, 0.5) is 4.79 Å². The molecule has 7 heteroatoms. The summed E-state index contributed by atoms with van der Waals surface area (Å²) in [7, 11) is 3.46. The van der Waals surface area contributed by atoms with Crippen molar-refractivity contribution in [1.29, 1.82) is 0 Å². The van der Waals surface area contributed by atoms with Crippen LogP contribution >= 0.6 is 0 Å². The van der Waals surface area contributed by atoms with Crippen molar-refractivity contribution in [2.24, 2.45) is 0 Å². The van der Waals surface area contributed by atoms with Crippen LogP contribution in [0.3, 0.4) is 0 Å². The summed E-state index contributed by atoms with van der Waals surface area (Å²) in [5, 5.41) is 2.82. The zero-order valence-electron chi connectivity index (χ0n) is 19.9. The molecule has 1 aliphatic carbocycles. The third-order valence-corrected chi connectivity index (χ3v) is 6.69. The quantitative estimate of drug-likeness (QED) is 0.673. The Balaban J connectivity index is 1.38. The van der Waals surface area contributed by atoms with Gasteiger partial charge in [0.15, 0.2) is 0 Å². The van der Waals surface area contributed by atoms with Crippen molar-refractivity contribution in [1.82, 2.24) is 25.1 Å². The standard InChI is InChI=1S/C26H35N5O2/c1-19-23(29-25(28-19)22-11-7-8-12-24(22)33-3)18-30-15-13-21(14-16-30)31(26(32)27-2)17-20-9-5-4-6-10-20/h4-11,21,24H,12-18H2,1-3H3,(H,27,32)(H,28,29). The Morgan fingerprint density at radius 1 is 1.27 bits per heavy atom. The summed E-state index contributed by atoms with van der Waals surface area (Å²) in [6, 6.07) is 10.4. The summed E-state index contributed by atoms with van der Waals surface area (Å²) >= 11 is 0. The third kappa shape index (κ3) is 5.54. The highest BCUT2D eigenvalue weighted by atomic mass is 16.5. The van der Waals surface area contributed by atoms with Gasteiger partial charge in [0.2, 0.25) is 0 Å². The number of benzene rings is 1. The first kappa shape index (κ1) is 23.3. The summed E-state index contributed by atoms with van der Waals surface area (Å²) in [5.74, 6) is 0.905. The zero-order chi connectivity index (χ0) is 23.2. The molecule has 1 aromatic heterocycles. The summed E-state index contributed by atoms with van der Waals surface area (Å²) in [6.45, 7) is 5.43. The Morgan fingerprint density at radius 2 is 2.03 bits per heavy atom. The minimum atomic E-state index is -0.00686. The molecule has 1 fully saturated rings. The minimum absolute atomic E-state index is 0.00686. The zero-order valence-corrected chi connectivity index (χ0v) is 19.9. The Kier molecular flexibility index (Phi) is 7.62. The van der Waals surface area contributed by atoms with Crippen LogP contribution in [0, 0.1) is 6.92 Å². The first-order chi connectivity index (χ1) is 16.1. The molecule has 2 heterocycles. The number of carbonyl (C=O) groups is 1. The first-order valence-electron chi connectivity index (χ1n) is 11.8. The fourth-order valence-corrected chi connectivity index (χ4v) is 4.74. The summed E-state index contributed by atoms with van der Waals surface area (Å²) in [4.78, 5) is 25.4. The lowest BCUT2D eigenvalue weighted by molar-refractivity contribution is 0.113. The molecule has 2 amide bonds. The van der Waals surface area contributed by atoms with Crippen LogP contribution in [-0.2, 0) is 17.8 Å². The fourth-order valence-electron chi connectivity index (χ4n) is 4.74. The highest BCUT2D eigenvalue weighted by molar-refractivity contribution is 5.74. The number of methoxy groups -OCH3 is 1. The second-order valence-corrected chi connectivity index (χ2v) is 8.84. The summed E-state index contributed by atoms with van der Waals surface area (Å²) in [6.07, 6.45) is 9.11. The number of rotatable bonds is 7. The van der Waals surface area contributed by atoms with E-state index in [0.29, 0.717) is 6.54 Å². The van der Waals surface area contributed by atoms with Crippen molar-refractivity contribution in [2.75, 3.05) is 27.2 Å². The molecule has 176 valence electrons. The number of imidazole rings is 1. The van der Waals surface area contributed by atoms with Gasteiger partial charge in [-0.3, -0.25) is 4.90 Å². The largest absolute Gasteiger partial charge is 0.376 e. The number of likely N-dealkylation sites (tertiary alicyclic amines) is 1. The Bertz CT molecular complexity index is 989. The lowest BCUT2D eigenvalue weighted by atomic mass is 10.0. The Morgan fingerprint density at radius 3 is 2.73 bits per heavy atom. The minimum Gasteiger partial charge on any atom is -0.376 e. The number of amides is 2. The third-order valence-electron chi connectivity index (χ3n) is 6.69. The van der Waals surface area contributed by atoms with E-state index in [0.717, 1.165) is 67.2 Å². The molecule has 2 aromatic rings. The predicted octanol–water partition coefficient (Wildman–Crippen LogP) is 3.88. The van der Waals surface area contributed by atoms with E-state index in [1.807, 2.05) is 23.1 Å². The maximum absolute atomic E-state index is 12.6. The second-order valence-electron chi connectivity index (χ2n) is 8.84. The maximum Gasteiger partial charge on any atom is 0.317 e. The van der Waals surface area contributed by atoms with Gasteiger partial charge in [-0.1, -0.05) is 48.6 Å². The fraction of sp³-hybridized carbons (Fsp3) is 0.462. The molecule has 1 aromatic carbocycles. The van der Waals surface area contributed by atoms with Gasteiger partial charge in [-0.15, -0.1) is 0 Å². The Hall–Kier alpha value is -2.90. The summed E-state index contributed by atoms with van der Waals surface area (Å²) < 4.78 is 5.64. The molecule has 1 unspecified atom stereocenters. The molecular weight excluding hydrogens is 414 g/mol. The number of piperidine rings is 1. The number of urea groups is 1. The second kappa shape index (κ2) is 10.8.